The third-order valence-electron chi connectivity index (χ3n) is 2.37. The van der Waals surface area contributed by atoms with Crippen LogP contribution in [0.15, 0.2) is 18.3 Å². The van der Waals surface area contributed by atoms with Crippen LogP contribution in [0.2, 0.25) is 0 Å². The highest BCUT2D eigenvalue weighted by Crippen LogP contribution is 2.25. The average molecular weight is 236 g/mol. The molecule has 0 amide bonds. The Hall–Kier alpha value is -1.09. The van der Waals surface area contributed by atoms with Crippen LogP contribution in [-0.4, -0.2) is 17.1 Å². The maximum Gasteiger partial charge on any atom is 0.218 e. The van der Waals surface area contributed by atoms with Gasteiger partial charge in [0.25, 0.3) is 0 Å². The van der Waals surface area contributed by atoms with Gasteiger partial charge in [0.15, 0.2) is 0 Å². The Morgan fingerprint density at radius 3 is 2.71 bits per heavy atom. The maximum absolute atomic E-state index is 5.88. The van der Waals surface area contributed by atoms with Crippen LogP contribution in [0.4, 0.5) is 0 Å². The number of rotatable bonds is 5. The van der Waals surface area contributed by atoms with Gasteiger partial charge in [-0.1, -0.05) is 13.0 Å². The van der Waals surface area contributed by atoms with Crippen molar-refractivity contribution in [3.05, 3.63) is 23.9 Å². The Bertz CT molecular complexity index is 344. The molecule has 0 saturated carbocycles. The van der Waals surface area contributed by atoms with Gasteiger partial charge in [-0.15, -0.1) is 0 Å². The van der Waals surface area contributed by atoms with Gasteiger partial charge in [0.05, 0.1) is 0 Å². The fraction of sp³-hybridized carbons (Fsp3) is 0.643. The van der Waals surface area contributed by atoms with Crippen LogP contribution in [0.25, 0.3) is 0 Å². The van der Waals surface area contributed by atoms with Gasteiger partial charge in [-0.2, -0.15) is 0 Å². The van der Waals surface area contributed by atoms with Crippen LogP contribution in [0, 0.1) is 0 Å². The molecular formula is C14H24N2O. The van der Waals surface area contributed by atoms with E-state index in [9.17, 15) is 0 Å². The molecule has 0 radical (unpaired) electrons. The number of hydrogen-bond donors (Lipinski definition) is 1. The van der Waals surface area contributed by atoms with Crippen molar-refractivity contribution in [1.82, 2.24) is 10.3 Å². The first-order valence-electron chi connectivity index (χ1n) is 6.31. The molecule has 3 heteroatoms. The molecule has 0 aliphatic rings. The predicted octanol–water partition coefficient (Wildman–Crippen LogP) is 3.32. The summed E-state index contributed by atoms with van der Waals surface area (Å²) in [6, 6.07) is 4.29. The van der Waals surface area contributed by atoms with Crippen LogP contribution in [0.1, 0.15) is 52.6 Å². The first-order valence-corrected chi connectivity index (χ1v) is 6.31. The second-order valence-electron chi connectivity index (χ2n) is 5.29. The molecule has 1 unspecified atom stereocenters. The average Bonchev–Trinajstić information content (AvgIpc) is 2.24. The number of aromatic nitrogens is 1. The Balaban J connectivity index is 2.83. The molecule has 0 aliphatic heterocycles. The molecule has 0 fully saturated rings. The van der Waals surface area contributed by atoms with E-state index >= 15 is 0 Å². The number of nitrogens with zero attached hydrogens (tertiary/aromatic N) is 1. The lowest BCUT2D eigenvalue weighted by Crippen LogP contribution is -2.26. The first-order chi connectivity index (χ1) is 7.94. The fourth-order valence-electron chi connectivity index (χ4n) is 1.58. The van der Waals surface area contributed by atoms with Crippen LogP contribution in [-0.2, 0) is 0 Å². The van der Waals surface area contributed by atoms with E-state index in [1.165, 1.54) is 0 Å². The number of nitrogens with one attached hydrogen (secondary N) is 1. The fourth-order valence-corrected chi connectivity index (χ4v) is 1.58. The second-order valence-corrected chi connectivity index (χ2v) is 5.29. The summed E-state index contributed by atoms with van der Waals surface area (Å²) in [5, 5.41) is 3.45. The van der Waals surface area contributed by atoms with Gasteiger partial charge in [0.2, 0.25) is 5.88 Å². The van der Waals surface area contributed by atoms with E-state index in [2.05, 4.69) is 30.2 Å². The molecule has 3 nitrogen and oxygen atoms in total. The van der Waals surface area contributed by atoms with E-state index in [0.717, 1.165) is 24.4 Å². The molecule has 1 aromatic heterocycles. The molecule has 0 aromatic carbocycles. The molecule has 17 heavy (non-hydrogen) atoms. The van der Waals surface area contributed by atoms with Gasteiger partial charge in [-0.05, 0) is 46.7 Å². The lowest BCUT2D eigenvalue weighted by molar-refractivity contribution is 0.121. The molecular weight excluding hydrogens is 212 g/mol. The molecule has 1 aromatic rings. The monoisotopic (exact) mass is 236 g/mol. The van der Waals surface area contributed by atoms with Crippen molar-refractivity contribution in [2.24, 2.45) is 0 Å². The van der Waals surface area contributed by atoms with Gasteiger partial charge in [-0.3, -0.25) is 0 Å². The van der Waals surface area contributed by atoms with Gasteiger partial charge < -0.3 is 10.1 Å². The first kappa shape index (κ1) is 14.0. The molecule has 0 saturated heterocycles. The summed E-state index contributed by atoms with van der Waals surface area (Å²) >= 11 is 0. The zero-order valence-electron chi connectivity index (χ0n) is 11.6. The maximum atomic E-state index is 5.88. The van der Waals surface area contributed by atoms with Crippen LogP contribution >= 0.6 is 0 Å². The molecule has 1 N–H and O–H groups in total. The van der Waals surface area contributed by atoms with Gasteiger partial charge in [0.1, 0.15) is 5.60 Å². The van der Waals surface area contributed by atoms with Crippen molar-refractivity contribution in [2.45, 2.75) is 52.7 Å². The standard InChI is InChI=1S/C14H24N2O/c1-6-9-15-11(2)12-8-7-10-16-13(12)17-14(3,4)5/h7-8,10-11,15H,6,9H2,1-5H3. The van der Waals surface area contributed by atoms with Crippen molar-refractivity contribution in [1.29, 1.82) is 0 Å². The van der Waals surface area contributed by atoms with Crippen molar-refractivity contribution < 1.29 is 4.74 Å². The summed E-state index contributed by atoms with van der Waals surface area (Å²) in [6.07, 6.45) is 2.90. The molecule has 0 bridgehead atoms. The van der Waals surface area contributed by atoms with Crippen LogP contribution < -0.4 is 10.1 Å². The summed E-state index contributed by atoms with van der Waals surface area (Å²) in [4.78, 5) is 4.33. The van der Waals surface area contributed by atoms with E-state index in [0.29, 0.717) is 0 Å². The highest BCUT2D eigenvalue weighted by molar-refractivity contribution is 5.29. The van der Waals surface area contributed by atoms with Gasteiger partial charge in [-0.25, -0.2) is 4.98 Å². The van der Waals surface area contributed by atoms with E-state index in [1.807, 2.05) is 26.8 Å². The van der Waals surface area contributed by atoms with E-state index in [4.69, 9.17) is 4.74 Å². The van der Waals surface area contributed by atoms with Gasteiger partial charge in [0, 0.05) is 17.8 Å². The summed E-state index contributed by atoms with van der Waals surface area (Å²) < 4.78 is 5.88. The SMILES string of the molecule is CCCNC(C)c1cccnc1OC(C)(C)C. The van der Waals surface area contributed by atoms with E-state index in [-0.39, 0.29) is 11.6 Å². The summed E-state index contributed by atoms with van der Waals surface area (Å²) in [5.41, 5.74) is 0.906. The lowest BCUT2D eigenvalue weighted by atomic mass is 10.1. The number of hydrogen-bond acceptors (Lipinski definition) is 3. The molecule has 0 aliphatic carbocycles. The molecule has 1 atom stereocenters. The topological polar surface area (TPSA) is 34.2 Å². The van der Waals surface area contributed by atoms with Crippen molar-refractivity contribution >= 4 is 0 Å². The van der Waals surface area contributed by atoms with E-state index < -0.39 is 0 Å². The minimum atomic E-state index is -0.215. The largest absolute Gasteiger partial charge is 0.472 e. The smallest absolute Gasteiger partial charge is 0.218 e. The minimum Gasteiger partial charge on any atom is -0.472 e. The summed E-state index contributed by atoms with van der Waals surface area (Å²) in [5.74, 6) is 0.733. The van der Waals surface area contributed by atoms with Crippen LogP contribution in [0.5, 0.6) is 5.88 Å². The number of ether oxygens (including phenoxy) is 1. The highest BCUT2D eigenvalue weighted by atomic mass is 16.5. The van der Waals surface area contributed by atoms with Crippen molar-refractivity contribution in [3.63, 3.8) is 0 Å². The third kappa shape index (κ3) is 4.73. The van der Waals surface area contributed by atoms with Crippen LogP contribution in [0.3, 0.4) is 0 Å². The Kier molecular flexibility index (Phi) is 4.94. The predicted molar refractivity (Wildman–Crippen MR) is 71.3 cm³/mol. The molecule has 1 heterocycles. The van der Waals surface area contributed by atoms with Crippen molar-refractivity contribution in [2.75, 3.05) is 6.54 Å². The summed E-state index contributed by atoms with van der Waals surface area (Å²) in [7, 11) is 0. The molecule has 1 rings (SSSR count). The quantitative estimate of drug-likeness (QED) is 0.851. The van der Waals surface area contributed by atoms with Crippen molar-refractivity contribution in [3.8, 4) is 5.88 Å². The molecule has 96 valence electrons. The lowest BCUT2D eigenvalue weighted by Gasteiger charge is -2.24. The zero-order valence-corrected chi connectivity index (χ0v) is 11.6. The Morgan fingerprint density at radius 2 is 2.12 bits per heavy atom. The zero-order chi connectivity index (χ0) is 12.9. The highest BCUT2D eigenvalue weighted by Gasteiger charge is 2.18. The summed E-state index contributed by atoms with van der Waals surface area (Å²) in [6.45, 7) is 11.4. The van der Waals surface area contributed by atoms with Gasteiger partial charge >= 0.3 is 0 Å². The Labute approximate surface area is 105 Å². The second kappa shape index (κ2) is 6.01. The Morgan fingerprint density at radius 1 is 1.41 bits per heavy atom. The van der Waals surface area contributed by atoms with E-state index in [1.54, 1.807) is 6.20 Å². The number of pyridine rings is 1. The molecule has 0 spiro atoms. The normalized spacial score (nSPS) is 13.5. The third-order valence-corrected chi connectivity index (χ3v) is 2.37. The minimum absolute atomic E-state index is 0.215.